The molecule has 2 aromatic rings. The first-order valence-corrected chi connectivity index (χ1v) is 10.7. The van der Waals surface area contributed by atoms with Crippen LogP contribution in [0.25, 0.3) is 0 Å². The Morgan fingerprint density at radius 3 is 2.42 bits per heavy atom. The molecule has 0 aliphatic carbocycles. The van der Waals surface area contributed by atoms with Crippen LogP contribution in [0.5, 0.6) is 0 Å². The maximum absolute atomic E-state index is 12.9. The zero-order valence-corrected chi connectivity index (χ0v) is 17.3. The second-order valence-corrected chi connectivity index (χ2v) is 9.27. The number of hydrogen-bond acceptors (Lipinski definition) is 4. The normalized spacial score (nSPS) is 16.4. The highest BCUT2D eigenvalue weighted by molar-refractivity contribution is 14.1. The van der Waals surface area contributed by atoms with E-state index in [-0.39, 0.29) is 10.8 Å². The van der Waals surface area contributed by atoms with Gasteiger partial charge in [0.2, 0.25) is 10.0 Å². The summed E-state index contributed by atoms with van der Waals surface area (Å²) in [4.78, 5) is 14.8. The molecule has 3 rings (SSSR count). The van der Waals surface area contributed by atoms with Gasteiger partial charge in [-0.1, -0.05) is 18.2 Å². The minimum absolute atomic E-state index is 0.150. The summed E-state index contributed by atoms with van der Waals surface area (Å²) in [6.07, 6.45) is 0. The van der Waals surface area contributed by atoms with Gasteiger partial charge in [0.25, 0.3) is 5.91 Å². The topological polar surface area (TPSA) is 69.7 Å². The summed E-state index contributed by atoms with van der Waals surface area (Å²) in [7, 11) is -1.63. The summed E-state index contributed by atoms with van der Waals surface area (Å²) in [5.74, 6) is -0.329. The van der Waals surface area contributed by atoms with E-state index in [0.717, 1.165) is 3.57 Å². The lowest BCUT2D eigenvalue weighted by Crippen LogP contribution is -2.47. The van der Waals surface area contributed by atoms with Crippen LogP contribution in [-0.4, -0.2) is 56.8 Å². The average molecular weight is 485 g/mol. The Balaban J connectivity index is 1.81. The van der Waals surface area contributed by atoms with Crippen molar-refractivity contribution in [2.75, 3.05) is 38.5 Å². The molecule has 1 saturated heterocycles. The van der Waals surface area contributed by atoms with Crippen molar-refractivity contribution in [3.63, 3.8) is 0 Å². The molecule has 138 valence electrons. The molecule has 0 bridgehead atoms. The number of rotatable bonds is 4. The van der Waals surface area contributed by atoms with E-state index >= 15 is 0 Å². The summed E-state index contributed by atoms with van der Waals surface area (Å²) < 4.78 is 28.1. The van der Waals surface area contributed by atoms with Crippen molar-refractivity contribution >= 4 is 44.2 Å². The second kappa shape index (κ2) is 8.03. The van der Waals surface area contributed by atoms with Gasteiger partial charge in [0, 0.05) is 35.3 Å². The predicted molar refractivity (Wildman–Crippen MR) is 110 cm³/mol. The molecule has 0 unspecified atom stereocenters. The zero-order valence-electron chi connectivity index (χ0n) is 14.4. The largest absolute Gasteiger partial charge is 0.321 e. The van der Waals surface area contributed by atoms with Crippen LogP contribution in [0, 0.1) is 3.57 Å². The lowest BCUT2D eigenvalue weighted by molar-refractivity contribution is 0.102. The Bertz CT molecular complexity index is 909. The molecule has 0 atom stereocenters. The smallest absolute Gasteiger partial charge is 0.255 e. The van der Waals surface area contributed by atoms with Crippen LogP contribution in [0.15, 0.2) is 53.4 Å². The standard InChI is InChI=1S/C18H20IN3O3S/c1-21-9-11-22(12-10-21)26(24,25)15-6-4-5-14(13-15)18(23)20-17-8-3-2-7-16(17)19/h2-8,13H,9-12H2,1H3,(H,20,23). The number of amides is 1. The van der Waals surface area contributed by atoms with Crippen LogP contribution in [0.3, 0.4) is 0 Å². The number of para-hydroxylation sites is 1. The fourth-order valence-electron chi connectivity index (χ4n) is 2.73. The Morgan fingerprint density at radius 2 is 1.73 bits per heavy atom. The first-order chi connectivity index (χ1) is 12.4. The Hall–Kier alpha value is -1.49. The van der Waals surface area contributed by atoms with E-state index in [1.807, 2.05) is 31.3 Å². The number of nitrogens with zero attached hydrogens (tertiary/aromatic N) is 2. The highest BCUT2D eigenvalue weighted by Crippen LogP contribution is 2.21. The molecule has 1 heterocycles. The monoisotopic (exact) mass is 485 g/mol. The summed E-state index contributed by atoms with van der Waals surface area (Å²) in [6, 6.07) is 13.6. The molecule has 8 heteroatoms. The molecule has 0 aromatic heterocycles. The summed E-state index contributed by atoms with van der Waals surface area (Å²) in [5.41, 5.74) is 1.02. The van der Waals surface area contributed by atoms with Crippen molar-refractivity contribution in [1.82, 2.24) is 9.21 Å². The SMILES string of the molecule is CN1CCN(S(=O)(=O)c2cccc(C(=O)Nc3ccccc3I)c2)CC1. The number of piperazine rings is 1. The van der Waals surface area contributed by atoms with Gasteiger partial charge in [0.1, 0.15) is 0 Å². The van der Waals surface area contributed by atoms with Crippen molar-refractivity contribution < 1.29 is 13.2 Å². The van der Waals surface area contributed by atoms with Crippen LogP contribution in [0.1, 0.15) is 10.4 Å². The van der Waals surface area contributed by atoms with E-state index in [0.29, 0.717) is 37.4 Å². The summed E-state index contributed by atoms with van der Waals surface area (Å²) in [5, 5.41) is 2.83. The molecular weight excluding hydrogens is 465 g/mol. The molecule has 26 heavy (non-hydrogen) atoms. The van der Waals surface area contributed by atoms with Gasteiger partial charge in [-0.2, -0.15) is 4.31 Å². The minimum atomic E-state index is -3.60. The third kappa shape index (κ3) is 4.25. The maximum atomic E-state index is 12.9. The lowest BCUT2D eigenvalue weighted by Gasteiger charge is -2.31. The number of likely N-dealkylation sites (N-methyl/N-ethyl adjacent to an activating group) is 1. The molecule has 1 amide bonds. The van der Waals surface area contributed by atoms with Crippen LogP contribution < -0.4 is 5.32 Å². The number of benzene rings is 2. The average Bonchev–Trinajstić information content (AvgIpc) is 2.64. The molecule has 1 aliphatic heterocycles. The number of nitrogens with one attached hydrogen (secondary N) is 1. The number of carbonyl (C=O) groups is 1. The van der Waals surface area contributed by atoms with Gasteiger partial charge in [-0.05, 0) is 60.0 Å². The Labute approximate surface area is 167 Å². The first kappa shape index (κ1) is 19.3. The molecule has 1 aliphatic rings. The van der Waals surface area contributed by atoms with Gasteiger partial charge in [-0.3, -0.25) is 4.79 Å². The second-order valence-electron chi connectivity index (χ2n) is 6.17. The lowest BCUT2D eigenvalue weighted by atomic mass is 10.2. The number of carbonyl (C=O) groups excluding carboxylic acids is 1. The predicted octanol–water partition coefficient (Wildman–Crippen LogP) is 2.48. The highest BCUT2D eigenvalue weighted by atomic mass is 127. The fraction of sp³-hybridized carbons (Fsp3) is 0.278. The van der Waals surface area contributed by atoms with E-state index in [9.17, 15) is 13.2 Å². The summed E-state index contributed by atoms with van der Waals surface area (Å²) in [6.45, 7) is 2.31. The third-order valence-electron chi connectivity index (χ3n) is 4.32. The van der Waals surface area contributed by atoms with Gasteiger partial charge in [-0.15, -0.1) is 0 Å². The van der Waals surface area contributed by atoms with Crippen LogP contribution in [0.2, 0.25) is 0 Å². The zero-order chi connectivity index (χ0) is 18.7. The molecule has 0 spiro atoms. The first-order valence-electron chi connectivity index (χ1n) is 8.22. The van der Waals surface area contributed by atoms with E-state index in [4.69, 9.17) is 0 Å². The Kier molecular flexibility index (Phi) is 5.96. The Morgan fingerprint density at radius 1 is 1.04 bits per heavy atom. The van der Waals surface area contributed by atoms with Gasteiger partial charge in [-0.25, -0.2) is 8.42 Å². The van der Waals surface area contributed by atoms with Gasteiger partial charge >= 0.3 is 0 Å². The van der Waals surface area contributed by atoms with Crippen LogP contribution in [-0.2, 0) is 10.0 Å². The van der Waals surface area contributed by atoms with Crippen molar-refractivity contribution in [3.05, 3.63) is 57.7 Å². The number of sulfonamides is 1. The number of hydrogen-bond donors (Lipinski definition) is 1. The molecule has 0 radical (unpaired) electrons. The minimum Gasteiger partial charge on any atom is -0.321 e. The van der Waals surface area contributed by atoms with Gasteiger partial charge in [0.15, 0.2) is 0 Å². The quantitative estimate of drug-likeness (QED) is 0.676. The molecule has 2 aromatic carbocycles. The fourth-order valence-corrected chi connectivity index (χ4v) is 4.72. The molecular formula is C18H20IN3O3S. The molecule has 0 saturated carbocycles. The van der Waals surface area contributed by atoms with Crippen molar-refractivity contribution in [2.24, 2.45) is 0 Å². The van der Waals surface area contributed by atoms with Crippen molar-refractivity contribution in [1.29, 1.82) is 0 Å². The van der Waals surface area contributed by atoms with Crippen molar-refractivity contribution in [2.45, 2.75) is 4.90 Å². The molecule has 6 nitrogen and oxygen atoms in total. The van der Waals surface area contributed by atoms with E-state index in [1.54, 1.807) is 12.1 Å². The number of anilines is 1. The van der Waals surface area contributed by atoms with E-state index in [1.165, 1.54) is 16.4 Å². The maximum Gasteiger partial charge on any atom is 0.255 e. The van der Waals surface area contributed by atoms with Gasteiger partial charge < -0.3 is 10.2 Å². The highest BCUT2D eigenvalue weighted by Gasteiger charge is 2.27. The third-order valence-corrected chi connectivity index (χ3v) is 7.15. The van der Waals surface area contributed by atoms with E-state index in [2.05, 4.69) is 32.8 Å². The van der Waals surface area contributed by atoms with Crippen LogP contribution in [0.4, 0.5) is 5.69 Å². The van der Waals surface area contributed by atoms with Crippen LogP contribution >= 0.6 is 22.6 Å². The van der Waals surface area contributed by atoms with Gasteiger partial charge in [0.05, 0.1) is 10.6 Å². The number of halogens is 1. The molecule has 1 N–H and O–H groups in total. The van der Waals surface area contributed by atoms with E-state index < -0.39 is 10.0 Å². The van der Waals surface area contributed by atoms with Crippen molar-refractivity contribution in [3.8, 4) is 0 Å². The summed E-state index contributed by atoms with van der Waals surface area (Å²) >= 11 is 2.14. The molecule has 1 fully saturated rings.